The summed E-state index contributed by atoms with van der Waals surface area (Å²) in [6.45, 7) is 0.316. The largest absolute Gasteiger partial charge is 0.322 e. The van der Waals surface area contributed by atoms with Crippen LogP contribution in [-0.4, -0.2) is 43.7 Å². The monoisotopic (exact) mass is 311 g/mol. The van der Waals surface area contributed by atoms with Gasteiger partial charge in [0.05, 0.1) is 18.1 Å². The second-order valence-corrected chi connectivity index (χ2v) is 5.55. The number of nitrogens with zero attached hydrogens (tertiary/aromatic N) is 4. The predicted octanol–water partition coefficient (Wildman–Crippen LogP) is 0.0283. The Morgan fingerprint density at radius 2 is 2.09 bits per heavy atom. The number of benzene rings is 1. The Kier molecular flexibility index (Phi) is 2.97. The number of hydrogen-bond donors (Lipinski definition) is 1. The van der Waals surface area contributed by atoms with Crippen molar-refractivity contribution in [1.29, 1.82) is 0 Å². The molecule has 1 aromatic carbocycles. The first-order chi connectivity index (χ1) is 11.1. The summed E-state index contributed by atoms with van der Waals surface area (Å²) in [5, 5.41) is 10.0. The second-order valence-electron chi connectivity index (χ2n) is 5.55. The van der Waals surface area contributed by atoms with E-state index in [4.69, 9.17) is 0 Å². The first kappa shape index (κ1) is 13.6. The zero-order valence-corrected chi connectivity index (χ0v) is 12.1. The summed E-state index contributed by atoms with van der Waals surface area (Å²) in [5.74, 6) is -0.903. The average Bonchev–Trinajstić information content (AvgIpc) is 3.16. The lowest BCUT2D eigenvalue weighted by atomic mass is 10.0. The quantitative estimate of drug-likeness (QED) is 0.789. The van der Waals surface area contributed by atoms with Crippen molar-refractivity contribution >= 4 is 17.7 Å². The van der Waals surface area contributed by atoms with Crippen LogP contribution in [0.25, 0.3) is 5.69 Å². The van der Waals surface area contributed by atoms with E-state index >= 15 is 0 Å². The van der Waals surface area contributed by atoms with E-state index in [0.29, 0.717) is 18.5 Å². The second kappa shape index (κ2) is 5.01. The van der Waals surface area contributed by atoms with Gasteiger partial charge in [0.1, 0.15) is 6.04 Å². The highest BCUT2D eigenvalue weighted by Crippen LogP contribution is 2.31. The van der Waals surface area contributed by atoms with Crippen LogP contribution in [0, 0.1) is 0 Å². The maximum absolute atomic E-state index is 12.7. The van der Waals surface area contributed by atoms with Crippen molar-refractivity contribution in [3.63, 3.8) is 0 Å². The highest BCUT2D eigenvalue weighted by molar-refractivity contribution is 6.05. The predicted molar refractivity (Wildman–Crippen MR) is 77.4 cm³/mol. The lowest BCUT2D eigenvalue weighted by Crippen LogP contribution is -2.52. The molecule has 1 atom stereocenters. The van der Waals surface area contributed by atoms with Crippen LogP contribution in [0.2, 0.25) is 0 Å². The van der Waals surface area contributed by atoms with Gasteiger partial charge in [-0.1, -0.05) is 11.3 Å². The van der Waals surface area contributed by atoms with Gasteiger partial charge in [0.2, 0.25) is 11.8 Å². The van der Waals surface area contributed by atoms with Crippen LogP contribution in [0.4, 0.5) is 0 Å². The molecular weight excluding hydrogens is 298 g/mol. The third kappa shape index (κ3) is 2.10. The van der Waals surface area contributed by atoms with E-state index in [1.54, 1.807) is 29.2 Å². The van der Waals surface area contributed by atoms with E-state index in [0.717, 1.165) is 11.3 Å². The topological polar surface area (TPSA) is 97.2 Å². The van der Waals surface area contributed by atoms with E-state index in [-0.39, 0.29) is 18.2 Å². The zero-order valence-electron chi connectivity index (χ0n) is 12.1. The van der Waals surface area contributed by atoms with E-state index in [1.807, 2.05) is 6.07 Å². The van der Waals surface area contributed by atoms with Crippen LogP contribution in [0.3, 0.4) is 0 Å². The molecule has 0 saturated carbocycles. The molecule has 0 bridgehead atoms. The number of hydrogen-bond acceptors (Lipinski definition) is 5. The van der Waals surface area contributed by atoms with Crippen molar-refractivity contribution in [2.75, 3.05) is 0 Å². The summed E-state index contributed by atoms with van der Waals surface area (Å²) in [6, 6.07) is 4.76. The van der Waals surface area contributed by atoms with Gasteiger partial charge in [0.25, 0.3) is 5.91 Å². The number of amides is 3. The molecule has 2 aliphatic rings. The van der Waals surface area contributed by atoms with Crippen molar-refractivity contribution in [2.24, 2.45) is 0 Å². The van der Waals surface area contributed by atoms with Gasteiger partial charge in [-0.05, 0) is 18.6 Å². The molecule has 0 spiro atoms. The van der Waals surface area contributed by atoms with Gasteiger partial charge in [0, 0.05) is 24.1 Å². The minimum atomic E-state index is -0.615. The van der Waals surface area contributed by atoms with Crippen LogP contribution in [0.1, 0.15) is 28.8 Å². The number of imide groups is 1. The molecule has 3 heterocycles. The van der Waals surface area contributed by atoms with Crippen LogP contribution in [-0.2, 0) is 16.1 Å². The molecule has 1 saturated heterocycles. The Morgan fingerprint density at radius 1 is 1.22 bits per heavy atom. The van der Waals surface area contributed by atoms with Crippen molar-refractivity contribution in [1.82, 2.24) is 25.2 Å². The van der Waals surface area contributed by atoms with Crippen molar-refractivity contribution < 1.29 is 14.4 Å². The molecule has 1 N–H and O–H groups in total. The van der Waals surface area contributed by atoms with Crippen LogP contribution >= 0.6 is 0 Å². The van der Waals surface area contributed by atoms with Gasteiger partial charge in [-0.2, -0.15) is 0 Å². The molecule has 1 fully saturated rings. The first-order valence-corrected chi connectivity index (χ1v) is 7.28. The average molecular weight is 311 g/mol. The maximum atomic E-state index is 12.7. The Morgan fingerprint density at radius 3 is 2.83 bits per heavy atom. The molecule has 2 aromatic rings. The molecular formula is C15H13N5O3. The van der Waals surface area contributed by atoms with Gasteiger partial charge < -0.3 is 4.90 Å². The Bertz CT molecular complexity index is 815. The van der Waals surface area contributed by atoms with Crippen molar-refractivity contribution in [3.8, 4) is 5.69 Å². The van der Waals surface area contributed by atoms with Gasteiger partial charge in [-0.3, -0.25) is 19.7 Å². The third-order valence-electron chi connectivity index (χ3n) is 4.23. The van der Waals surface area contributed by atoms with E-state index in [2.05, 4.69) is 15.6 Å². The number of aromatic nitrogens is 3. The molecule has 0 radical (unpaired) electrons. The lowest BCUT2D eigenvalue weighted by molar-refractivity contribution is -0.136. The first-order valence-electron chi connectivity index (χ1n) is 7.28. The molecule has 4 rings (SSSR count). The summed E-state index contributed by atoms with van der Waals surface area (Å²) in [6.07, 6.45) is 3.86. The normalized spacial score (nSPS) is 20.6. The standard InChI is InChI=1S/C15H13N5O3/c21-13-5-4-12(14(22)17-13)19-8-10-9(15(19)23)2-1-3-11(10)20-7-6-16-18-20/h1-3,6-7,12H,4-5,8H2,(H,17,21,22). The number of carbonyl (C=O) groups excluding carboxylic acids is 3. The summed E-state index contributed by atoms with van der Waals surface area (Å²) >= 11 is 0. The Hall–Kier alpha value is -3.03. The fraction of sp³-hybridized carbons (Fsp3) is 0.267. The Labute approximate surface area is 131 Å². The highest BCUT2D eigenvalue weighted by atomic mass is 16.2. The number of piperidine rings is 1. The number of nitrogens with one attached hydrogen (secondary N) is 1. The van der Waals surface area contributed by atoms with Gasteiger partial charge in [-0.15, -0.1) is 5.10 Å². The van der Waals surface area contributed by atoms with Gasteiger partial charge in [0.15, 0.2) is 0 Å². The minimum Gasteiger partial charge on any atom is -0.322 e. The molecule has 2 aliphatic heterocycles. The zero-order chi connectivity index (χ0) is 16.0. The Balaban J connectivity index is 1.70. The van der Waals surface area contributed by atoms with E-state index < -0.39 is 11.9 Å². The number of rotatable bonds is 2. The maximum Gasteiger partial charge on any atom is 0.255 e. The van der Waals surface area contributed by atoms with Crippen molar-refractivity contribution in [2.45, 2.75) is 25.4 Å². The molecule has 116 valence electrons. The minimum absolute atomic E-state index is 0.198. The molecule has 8 heteroatoms. The smallest absolute Gasteiger partial charge is 0.255 e. The summed E-state index contributed by atoms with van der Waals surface area (Å²) in [7, 11) is 0. The molecule has 3 amide bonds. The van der Waals surface area contributed by atoms with Gasteiger partial charge >= 0.3 is 0 Å². The third-order valence-corrected chi connectivity index (χ3v) is 4.23. The lowest BCUT2D eigenvalue weighted by Gasteiger charge is -2.29. The molecule has 23 heavy (non-hydrogen) atoms. The molecule has 1 aromatic heterocycles. The summed E-state index contributed by atoms with van der Waals surface area (Å²) in [4.78, 5) is 37.5. The van der Waals surface area contributed by atoms with Crippen molar-refractivity contribution in [3.05, 3.63) is 41.7 Å². The molecule has 8 nitrogen and oxygen atoms in total. The fourth-order valence-electron chi connectivity index (χ4n) is 3.12. The highest BCUT2D eigenvalue weighted by Gasteiger charge is 2.40. The van der Waals surface area contributed by atoms with Crippen LogP contribution in [0.15, 0.2) is 30.6 Å². The number of fused-ring (bicyclic) bond motifs is 1. The van der Waals surface area contributed by atoms with Gasteiger partial charge in [-0.25, -0.2) is 4.68 Å². The van der Waals surface area contributed by atoms with E-state index in [1.165, 1.54) is 4.90 Å². The van der Waals surface area contributed by atoms with Crippen LogP contribution < -0.4 is 5.32 Å². The SMILES string of the molecule is O=C1CCC(N2Cc3c(cccc3-n3ccnn3)C2=O)C(=O)N1. The molecule has 1 unspecified atom stereocenters. The van der Waals surface area contributed by atoms with E-state index in [9.17, 15) is 14.4 Å². The van der Waals surface area contributed by atoms with Crippen LogP contribution in [0.5, 0.6) is 0 Å². The fourth-order valence-corrected chi connectivity index (χ4v) is 3.12. The number of carbonyl (C=O) groups is 3. The molecule has 0 aliphatic carbocycles. The summed E-state index contributed by atoms with van der Waals surface area (Å²) < 4.78 is 1.60. The summed E-state index contributed by atoms with van der Waals surface area (Å²) in [5.41, 5.74) is 2.14.